The molecule has 0 saturated heterocycles. The van der Waals surface area contributed by atoms with Crippen LogP contribution in [-0.4, -0.2) is 4.92 Å². The van der Waals surface area contributed by atoms with Crippen molar-refractivity contribution in [2.45, 2.75) is 24.5 Å². The van der Waals surface area contributed by atoms with Crippen molar-refractivity contribution in [2.24, 2.45) is 0 Å². The molecule has 2 aromatic carbocycles. The van der Waals surface area contributed by atoms with Crippen LogP contribution in [0.5, 0.6) is 0 Å². The number of hydrogen-bond donors (Lipinski definition) is 0. The number of nitro groups is 1. The number of nitro benzene ring substituents is 1. The molecular weight excluding hydrogens is 338 g/mol. The molecule has 0 aliphatic rings. The Bertz CT molecular complexity index is 658. The smallest absolute Gasteiger partial charge is 0.258 e. The number of halogens is 1. The van der Waals surface area contributed by atoms with E-state index in [-0.39, 0.29) is 10.6 Å². The minimum atomic E-state index is -0.366. The summed E-state index contributed by atoms with van der Waals surface area (Å²) in [6.07, 6.45) is 0. The Morgan fingerprint density at radius 2 is 2.00 bits per heavy atom. The first-order valence-electron chi connectivity index (χ1n) is 6.11. The molecule has 0 aliphatic carbocycles. The van der Waals surface area contributed by atoms with Crippen molar-refractivity contribution in [3.63, 3.8) is 0 Å². The zero-order valence-electron chi connectivity index (χ0n) is 11.2. The summed E-state index contributed by atoms with van der Waals surface area (Å²) in [6, 6.07) is 11.5. The summed E-state index contributed by atoms with van der Waals surface area (Å²) >= 11 is 5.02. The minimum absolute atomic E-state index is 0.115. The van der Waals surface area contributed by atoms with E-state index in [1.54, 1.807) is 17.8 Å². The highest BCUT2D eigenvalue weighted by atomic mass is 79.9. The average Bonchev–Trinajstić information content (AvgIpc) is 2.39. The highest BCUT2D eigenvalue weighted by molar-refractivity contribution is 9.10. The number of benzene rings is 2. The zero-order valence-corrected chi connectivity index (χ0v) is 13.6. The van der Waals surface area contributed by atoms with Crippen LogP contribution in [0.3, 0.4) is 0 Å². The van der Waals surface area contributed by atoms with Gasteiger partial charge < -0.3 is 0 Å². The van der Waals surface area contributed by atoms with E-state index in [1.807, 2.05) is 6.07 Å². The summed E-state index contributed by atoms with van der Waals surface area (Å²) in [6.45, 7) is 4.15. The van der Waals surface area contributed by atoms with Crippen molar-refractivity contribution >= 4 is 33.4 Å². The molecular formula is C15H14BrNO2S. The molecule has 0 fully saturated rings. The van der Waals surface area contributed by atoms with Gasteiger partial charge in [-0.2, -0.15) is 0 Å². The van der Waals surface area contributed by atoms with E-state index in [0.717, 1.165) is 5.56 Å². The summed E-state index contributed by atoms with van der Waals surface area (Å²) in [4.78, 5) is 11.7. The summed E-state index contributed by atoms with van der Waals surface area (Å²) in [5.41, 5.74) is 3.52. The lowest BCUT2D eigenvalue weighted by Crippen LogP contribution is -1.93. The molecule has 5 heteroatoms. The van der Waals surface area contributed by atoms with Gasteiger partial charge in [-0.25, -0.2) is 0 Å². The lowest BCUT2D eigenvalue weighted by atomic mass is 10.2. The largest absolute Gasteiger partial charge is 0.283 e. The molecule has 2 aromatic rings. The molecule has 0 atom stereocenters. The second-order valence-electron chi connectivity index (χ2n) is 4.56. The molecule has 0 aromatic heterocycles. The molecule has 0 aliphatic heterocycles. The quantitative estimate of drug-likeness (QED) is 0.428. The van der Waals surface area contributed by atoms with Crippen LogP contribution in [0.1, 0.15) is 16.7 Å². The topological polar surface area (TPSA) is 43.1 Å². The third-order valence-electron chi connectivity index (χ3n) is 2.97. The van der Waals surface area contributed by atoms with Gasteiger partial charge in [-0.1, -0.05) is 29.8 Å². The van der Waals surface area contributed by atoms with Crippen LogP contribution in [0.15, 0.2) is 45.8 Å². The molecule has 0 spiro atoms. The molecule has 104 valence electrons. The fourth-order valence-corrected chi connectivity index (χ4v) is 3.67. The van der Waals surface area contributed by atoms with Gasteiger partial charge in [0.15, 0.2) is 0 Å². The molecule has 20 heavy (non-hydrogen) atoms. The van der Waals surface area contributed by atoms with Crippen molar-refractivity contribution in [3.05, 3.63) is 67.7 Å². The highest BCUT2D eigenvalue weighted by Crippen LogP contribution is 2.33. The maximum absolute atomic E-state index is 10.9. The second-order valence-corrected chi connectivity index (χ2v) is 6.38. The van der Waals surface area contributed by atoms with Gasteiger partial charge in [-0.15, -0.1) is 11.8 Å². The summed E-state index contributed by atoms with van der Waals surface area (Å²) < 4.78 is 0.572. The first-order chi connectivity index (χ1) is 9.49. The van der Waals surface area contributed by atoms with E-state index in [1.165, 1.54) is 22.1 Å². The fraction of sp³-hybridized carbons (Fsp3) is 0.200. The van der Waals surface area contributed by atoms with Gasteiger partial charge in [0.25, 0.3) is 5.69 Å². The fourth-order valence-electron chi connectivity index (χ4n) is 1.94. The predicted octanol–water partition coefficient (Wildman–Crippen LogP) is 5.27. The number of aryl methyl sites for hydroxylation is 2. The molecule has 0 heterocycles. The van der Waals surface area contributed by atoms with Gasteiger partial charge in [0.05, 0.1) is 9.40 Å². The number of hydrogen-bond acceptors (Lipinski definition) is 3. The third-order valence-corrected chi connectivity index (χ3v) is 5.11. The van der Waals surface area contributed by atoms with E-state index in [2.05, 4.69) is 48.0 Å². The van der Waals surface area contributed by atoms with Crippen LogP contribution in [0, 0.1) is 24.0 Å². The Kier molecular flexibility index (Phi) is 4.83. The standard InChI is InChI=1S/C15H14BrNO2S/c1-10-6-7-14(11(2)8-10)20-9-12-4-3-5-13(15(12)16)17(18)19/h3-8H,9H2,1-2H3. The second kappa shape index (κ2) is 6.41. The number of rotatable bonds is 4. The Morgan fingerprint density at radius 1 is 1.25 bits per heavy atom. The monoisotopic (exact) mass is 351 g/mol. The van der Waals surface area contributed by atoms with Crippen LogP contribution in [0.4, 0.5) is 5.69 Å². The minimum Gasteiger partial charge on any atom is -0.258 e. The van der Waals surface area contributed by atoms with Gasteiger partial charge in [0.1, 0.15) is 0 Å². The molecule has 0 amide bonds. The van der Waals surface area contributed by atoms with E-state index < -0.39 is 0 Å². The Hall–Kier alpha value is -1.33. The number of nitrogens with zero attached hydrogens (tertiary/aromatic N) is 1. The maximum Gasteiger partial charge on any atom is 0.283 e. The van der Waals surface area contributed by atoms with Crippen LogP contribution in [0.2, 0.25) is 0 Å². The van der Waals surface area contributed by atoms with Crippen LogP contribution < -0.4 is 0 Å². The SMILES string of the molecule is Cc1ccc(SCc2cccc([N+](=O)[O-])c2Br)c(C)c1. The lowest BCUT2D eigenvalue weighted by molar-refractivity contribution is -0.385. The normalized spacial score (nSPS) is 10.6. The van der Waals surface area contributed by atoms with Crippen molar-refractivity contribution < 1.29 is 4.92 Å². The average molecular weight is 352 g/mol. The zero-order chi connectivity index (χ0) is 14.7. The van der Waals surface area contributed by atoms with Gasteiger partial charge in [-0.05, 0) is 47.0 Å². The first kappa shape index (κ1) is 15.1. The predicted molar refractivity (Wildman–Crippen MR) is 86.3 cm³/mol. The molecule has 2 rings (SSSR count). The van der Waals surface area contributed by atoms with E-state index in [9.17, 15) is 10.1 Å². The number of thioether (sulfide) groups is 1. The third kappa shape index (κ3) is 3.41. The van der Waals surface area contributed by atoms with Crippen LogP contribution in [0.25, 0.3) is 0 Å². The Morgan fingerprint density at radius 3 is 2.65 bits per heavy atom. The lowest BCUT2D eigenvalue weighted by Gasteiger charge is -2.08. The van der Waals surface area contributed by atoms with Crippen molar-refractivity contribution in [1.82, 2.24) is 0 Å². The van der Waals surface area contributed by atoms with E-state index in [4.69, 9.17) is 0 Å². The Labute approximate surface area is 130 Å². The highest BCUT2D eigenvalue weighted by Gasteiger charge is 2.14. The maximum atomic E-state index is 10.9. The molecule has 0 saturated carbocycles. The van der Waals surface area contributed by atoms with Gasteiger partial charge >= 0.3 is 0 Å². The van der Waals surface area contributed by atoms with Crippen molar-refractivity contribution in [3.8, 4) is 0 Å². The van der Waals surface area contributed by atoms with Crippen molar-refractivity contribution in [1.29, 1.82) is 0 Å². The Balaban J connectivity index is 2.19. The van der Waals surface area contributed by atoms with Gasteiger partial charge in [0, 0.05) is 16.7 Å². The van der Waals surface area contributed by atoms with Gasteiger partial charge in [0.2, 0.25) is 0 Å². The van der Waals surface area contributed by atoms with Crippen molar-refractivity contribution in [2.75, 3.05) is 0 Å². The molecule has 0 unspecified atom stereocenters. The summed E-state index contributed by atoms with van der Waals surface area (Å²) in [7, 11) is 0. The summed E-state index contributed by atoms with van der Waals surface area (Å²) in [5, 5.41) is 10.9. The van der Waals surface area contributed by atoms with E-state index >= 15 is 0 Å². The first-order valence-corrected chi connectivity index (χ1v) is 7.88. The molecule has 0 radical (unpaired) electrons. The summed E-state index contributed by atoms with van der Waals surface area (Å²) in [5.74, 6) is 0.701. The van der Waals surface area contributed by atoms with Gasteiger partial charge in [-0.3, -0.25) is 10.1 Å². The molecule has 0 bridgehead atoms. The van der Waals surface area contributed by atoms with Crippen LogP contribution >= 0.6 is 27.7 Å². The molecule has 0 N–H and O–H groups in total. The van der Waals surface area contributed by atoms with E-state index in [0.29, 0.717) is 10.2 Å². The molecule has 3 nitrogen and oxygen atoms in total. The van der Waals surface area contributed by atoms with Crippen LogP contribution in [-0.2, 0) is 5.75 Å².